The van der Waals surface area contributed by atoms with Crippen LogP contribution in [0.25, 0.3) is 0 Å². The Labute approximate surface area is 118 Å². The predicted molar refractivity (Wildman–Crippen MR) is 72.0 cm³/mol. The molecule has 0 radical (unpaired) electrons. The van der Waals surface area contributed by atoms with Crippen molar-refractivity contribution in [2.24, 2.45) is 11.8 Å². The minimum Gasteiger partial charge on any atom is -0.316 e. The monoisotopic (exact) mass is 299 g/mol. The second-order valence-corrected chi connectivity index (χ2v) is 7.78. The van der Waals surface area contributed by atoms with Crippen molar-refractivity contribution in [2.45, 2.75) is 24.4 Å². The Balaban J connectivity index is 2.03. The first-order valence-electron chi connectivity index (χ1n) is 6.69. The number of pyridine rings is 1. The van der Waals surface area contributed by atoms with E-state index in [1.165, 1.54) is 16.6 Å². The minimum atomic E-state index is -3.90. The van der Waals surface area contributed by atoms with Gasteiger partial charge in [0.15, 0.2) is 5.82 Å². The molecule has 1 aromatic heterocycles. The van der Waals surface area contributed by atoms with Crippen LogP contribution >= 0.6 is 0 Å². The van der Waals surface area contributed by atoms with E-state index >= 15 is 0 Å². The lowest BCUT2D eigenvalue weighted by Gasteiger charge is -2.34. The molecule has 1 aromatic rings. The zero-order valence-electron chi connectivity index (χ0n) is 11.5. The van der Waals surface area contributed by atoms with Gasteiger partial charge in [-0.25, -0.2) is 17.8 Å². The number of sulfonamides is 1. The van der Waals surface area contributed by atoms with Gasteiger partial charge in [0.25, 0.3) is 10.0 Å². The lowest BCUT2D eigenvalue weighted by molar-refractivity contribution is 0.232. The Morgan fingerprint density at radius 1 is 1.45 bits per heavy atom. The van der Waals surface area contributed by atoms with Gasteiger partial charge in [-0.3, -0.25) is 0 Å². The van der Waals surface area contributed by atoms with Gasteiger partial charge in [-0.1, -0.05) is 0 Å². The number of rotatable bonds is 2. The average molecular weight is 299 g/mol. The number of hydrogen-bond donors (Lipinski definition) is 1. The molecule has 2 unspecified atom stereocenters. The summed E-state index contributed by atoms with van der Waals surface area (Å²) in [6.45, 7) is 5.84. The fourth-order valence-electron chi connectivity index (χ4n) is 3.46. The summed E-state index contributed by atoms with van der Waals surface area (Å²) in [5, 5.41) is 2.82. The van der Waals surface area contributed by atoms with Crippen LogP contribution in [0.3, 0.4) is 0 Å². The van der Waals surface area contributed by atoms with Gasteiger partial charge in [0.2, 0.25) is 5.03 Å². The highest BCUT2D eigenvalue weighted by molar-refractivity contribution is 7.89. The smallest absolute Gasteiger partial charge is 0.264 e. The molecule has 2 saturated heterocycles. The van der Waals surface area contributed by atoms with Crippen molar-refractivity contribution in [3.05, 3.63) is 24.1 Å². The van der Waals surface area contributed by atoms with Crippen LogP contribution in [0.15, 0.2) is 23.4 Å². The standard InChI is InChI=1S/C13H18FN3O2S/c1-13(2)10-7-15-6-9(10)8-17(13)20(18,19)12-11(14)4-3-5-16-12/h3-5,9-10,15H,6-8H2,1-2H3. The van der Waals surface area contributed by atoms with Crippen LogP contribution in [0.1, 0.15) is 13.8 Å². The Morgan fingerprint density at radius 2 is 2.20 bits per heavy atom. The first kappa shape index (κ1) is 13.9. The third kappa shape index (κ3) is 1.88. The quantitative estimate of drug-likeness (QED) is 0.879. The number of nitrogens with one attached hydrogen (secondary N) is 1. The molecule has 2 atom stereocenters. The number of nitrogens with zero attached hydrogens (tertiary/aromatic N) is 2. The molecule has 20 heavy (non-hydrogen) atoms. The highest BCUT2D eigenvalue weighted by Gasteiger charge is 2.54. The maximum absolute atomic E-state index is 13.8. The van der Waals surface area contributed by atoms with E-state index in [0.717, 1.165) is 19.2 Å². The van der Waals surface area contributed by atoms with Gasteiger partial charge in [-0.05, 0) is 44.4 Å². The zero-order valence-corrected chi connectivity index (χ0v) is 12.3. The summed E-state index contributed by atoms with van der Waals surface area (Å²) in [4.78, 5) is 3.73. The van der Waals surface area contributed by atoms with E-state index < -0.39 is 26.4 Å². The van der Waals surface area contributed by atoms with Crippen molar-refractivity contribution in [3.63, 3.8) is 0 Å². The van der Waals surface area contributed by atoms with Crippen LogP contribution in [0.5, 0.6) is 0 Å². The molecule has 110 valence electrons. The molecule has 0 aliphatic carbocycles. The third-order valence-electron chi connectivity index (χ3n) is 4.55. The van der Waals surface area contributed by atoms with Crippen LogP contribution in [-0.2, 0) is 10.0 Å². The highest BCUT2D eigenvalue weighted by Crippen LogP contribution is 2.43. The number of fused-ring (bicyclic) bond motifs is 1. The van der Waals surface area contributed by atoms with Crippen molar-refractivity contribution in [2.75, 3.05) is 19.6 Å². The number of aromatic nitrogens is 1. The van der Waals surface area contributed by atoms with Crippen molar-refractivity contribution in [1.82, 2.24) is 14.6 Å². The molecule has 2 fully saturated rings. The van der Waals surface area contributed by atoms with Gasteiger partial charge < -0.3 is 5.32 Å². The fourth-order valence-corrected chi connectivity index (χ4v) is 5.32. The van der Waals surface area contributed by atoms with Crippen molar-refractivity contribution in [1.29, 1.82) is 0 Å². The second-order valence-electron chi connectivity index (χ2n) is 6.01. The second kappa shape index (κ2) is 4.47. The Bertz CT molecular complexity index is 632. The highest BCUT2D eigenvalue weighted by atomic mass is 32.2. The molecular weight excluding hydrogens is 281 g/mol. The average Bonchev–Trinajstić information content (AvgIpc) is 2.92. The van der Waals surface area contributed by atoms with E-state index in [4.69, 9.17) is 0 Å². The summed E-state index contributed by atoms with van der Waals surface area (Å²) in [7, 11) is -3.90. The Kier molecular flexibility index (Phi) is 3.11. The molecule has 0 bridgehead atoms. The Morgan fingerprint density at radius 3 is 2.85 bits per heavy atom. The first-order chi connectivity index (χ1) is 9.35. The molecule has 1 N–H and O–H groups in total. The van der Waals surface area contributed by atoms with E-state index in [9.17, 15) is 12.8 Å². The Hall–Kier alpha value is -1.05. The molecule has 0 aromatic carbocycles. The van der Waals surface area contributed by atoms with E-state index in [1.807, 2.05) is 13.8 Å². The maximum atomic E-state index is 13.8. The van der Waals surface area contributed by atoms with Crippen LogP contribution < -0.4 is 5.32 Å². The largest absolute Gasteiger partial charge is 0.316 e. The first-order valence-corrected chi connectivity index (χ1v) is 8.13. The van der Waals surface area contributed by atoms with Crippen LogP contribution in [0.2, 0.25) is 0 Å². The lowest BCUT2D eigenvalue weighted by Crippen LogP contribution is -2.47. The zero-order chi connectivity index (χ0) is 14.5. The summed E-state index contributed by atoms with van der Waals surface area (Å²) < 4.78 is 40.6. The molecule has 0 spiro atoms. The molecule has 3 heterocycles. The van der Waals surface area contributed by atoms with Crippen molar-refractivity contribution in [3.8, 4) is 0 Å². The lowest BCUT2D eigenvalue weighted by atomic mass is 9.85. The van der Waals surface area contributed by atoms with Gasteiger partial charge in [-0.2, -0.15) is 4.31 Å². The summed E-state index contributed by atoms with van der Waals surface area (Å²) in [5.74, 6) is -0.255. The number of hydrogen-bond acceptors (Lipinski definition) is 4. The predicted octanol–water partition coefficient (Wildman–Crippen LogP) is 0.839. The van der Waals surface area contributed by atoms with Gasteiger partial charge in [0.05, 0.1) is 0 Å². The van der Waals surface area contributed by atoms with Crippen molar-refractivity contribution < 1.29 is 12.8 Å². The van der Waals surface area contributed by atoms with Crippen LogP contribution in [0, 0.1) is 17.7 Å². The van der Waals surface area contributed by atoms with Crippen molar-refractivity contribution >= 4 is 10.0 Å². The van der Waals surface area contributed by atoms with E-state index in [-0.39, 0.29) is 11.8 Å². The molecule has 0 saturated carbocycles. The summed E-state index contributed by atoms with van der Waals surface area (Å²) in [5.41, 5.74) is -0.531. The maximum Gasteiger partial charge on any atom is 0.264 e. The SMILES string of the molecule is CC1(C)C2CNCC2CN1S(=O)(=O)c1ncccc1F. The van der Waals surface area contributed by atoms with E-state index in [2.05, 4.69) is 10.3 Å². The molecular formula is C13H18FN3O2S. The molecule has 2 aliphatic rings. The third-order valence-corrected chi connectivity index (χ3v) is 6.54. The van der Waals surface area contributed by atoms with Gasteiger partial charge in [0.1, 0.15) is 0 Å². The topological polar surface area (TPSA) is 62.3 Å². The van der Waals surface area contributed by atoms with E-state index in [1.54, 1.807) is 0 Å². The summed E-state index contributed by atoms with van der Waals surface area (Å²) >= 11 is 0. The van der Waals surface area contributed by atoms with Crippen LogP contribution in [0.4, 0.5) is 4.39 Å². The molecule has 7 heteroatoms. The fraction of sp³-hybridized carbons (Fsp3) is 0.615. The minimum absolute atomic E-state index is 0.254. The van der Waals surface area contributed by atoms with Gasteiger partial charge >= 0.3 is 0 Å². The summed E-state index contributed by atoms with van der Waals surface area (Å²) in [6, 6.07) is 2.52. The molecule has 0 amide bonds. The normalized spacial score (nSPS) is 29.6. The molecule has 3 rings (SSSR count). The van der Waals surface area contributed by atoms with Gasteiger partial charge in [0, 0.05) is 24.8 Å². The van der Waals surface area contributed by atoms with E-state index in [0.29, 0.717) is 6.54 Å². The number of halogens is 1. The summed E-state index contributed by atoms with van der Waals surface area (Å²) in [6.07, 6.45) is 1.31. The van der Waals surface area contributed by atoms with Gasteiger partial charge in [-0.15, -0.1) is 0 Å². The van der Waals surface area contributed by atoms with Crippen LogP contribution in [-0.4, -0.2) is 42.9 Å². The molecule has 5 nitrogen and oxygen atoms in total. The molecule has 2 aliphatic heterocycles.